The smallest absolute Gasteiger partial charge is 0.262 e. The van der Waals surface area contributed by atoms with E-state index in [1.54, 1.807) is 38.1 Å². The fraction of sp³-hybridized carbons (Fsp3) is 0.286. The lowest BCUT2D eigenvalue weighted by molar-refractivity contribution is -0.123. The summed E-state index contributed by atoms with van der Waals surface area (Å²) in [5.74, 6) is -1.31. The summed E-state index contributed by atoms with van der Waals surface area (Å²) in [7, 11) is 0. The molecule has 1 atom stereocenters. The monoisotopic (exact) mass is 463 g/mol. The van der Waals surface area contributed by atoms with E-state index in [0.717, 1.165) is 10.0 Å². The molecule has 0 aliphatic rings. The van der Waals surface area contributed by atoms with Gasteiger partial charge in [0.15, 0.2) is 0 Å². The van der Waals surface area contributed by atoms with E-state index in [4.69, 9.17) is 4.74 Å². The third-order valence-electron chi connectivity index (χ3n) is 4.00. The molecule has 0 aromatic heterocycles. The Morgan fingerprint density at radius 2 is 1.97 bits per heavy atom. The van der Waals surface area contributed by atoms with Crippen LogP contribution in [0, 0.1) is 11.7 Å². The molecule has 29 heavy (non-hydrogen) atoms. The van der Waals surface area contributed by atoms with E-state index >= 15 is 0 Å². The van der Waals surface area contributed by atoms with Gasteiger partial charge in [0.2, 0.25) is 0 Å². The Bertz CT molecular complexity index is 902. The van der Waals surface area contributed by atoms with Gasteiger partial charge in [-0.15, -0.1) is 0 Å². The number of hydrazone groups is 1. The molecule has 0 radical (unpaired) electrons. The lowest BCUT2D eigenvalue weighted by Crippen LogP contribution is -2.48. The Morgan fingerprint density at radius 3 is 2.59 bits per heavy atom. The van der Waals surface area contributed by atoms with Gasteiger partial charge in [0, 0.05) is 0 Å². The molecule has 0 fully saturated rings. The van der Waals surface area contributed by atoms with Crippen LogP contribution in [0.3, 0.4) is 0 Å². The number of rotatable bonds is 8. The molecule has 0 heterocycles. The summed E-state index contributed by atoms with van der Waals surface area (Å²) in [4.78, 5) is 24.8. The molecule has 0 aliphatic carbocycles. The lowest BCUT2D eigenvalue weighted by atomic mass is 10.0. The normalized spacial score (nSPS) is 12.1. The van der Waals surface area contributed by atoms with Crippen molar-refractivity contribution in [1.29, 1.82) is 0 Å². The van der Waals surface area contributed by atoms with Gasteiger partial charge >= 0.3 is 0 Å². The van der Waals surface area contributed by atoms with Crippen LogP contribution < -0.4 is 15.5 Å². The minimum atomic E-state index is -0.869. The highest BCUT2D eigenvalue weighted by molar-refractivity contribution is 9.10. The maximum Gasteiger partial charge on any atom is 0.262 e. The van der Waals surface area contributed by atoms with Crippen molar-refractivity contribution in [3.05, 3.63) is 63.9 Å². The second kappa shape index (κ2) is 10.7. The van der Waals surface area contributed by atoms with Crippen molar-refractivity contribution in [2.75, 3.05) is 6.61 Å². The summed E-state index contributed by atoms with van der Waals surface area (Å²) in [6, 6.07) is 10.1. The zero-order valence-corrected chi connectivity index (χ0v) is 18.0. The number of nitrogens with zero attached hydrogens (tertiary/aromatic N) is 1. The molecule has 0 aliphatic heterocycles. The Labute approximate surface area is 177 Å². The second-order valence-electron chi connectivity index (χ2n) is 6.53. The number of ether oxygens (including phenoxy) is 1. The Balaban J connectivity index is 2.02. The second-order valence-corrected chi connectivity index (χ2v) is 7.39. The first kappa shape index (κ1) is 22.5. The predicted molar refractivity (Wildman–Crippen MR) is 114 cm³/mol. The highest BCUT2D eigenvalue weighted by Gasteiger charge is 2.25. The molecule has 0 spiro atoms. The van der Waals surface area contributed by atoms with Crippen molar-refractivity contribution in [3.8, 4) is 5.75 Å². The average Bonchev–Trinajstić information content (AvgIpc) is 2.68. The highest BCUT2D eigenvalue weighted by atomic mass is 79.9. The maximum absolute atomic E-state index is 13.8. The number of benzene rings is 2. The van der Waals surface area contributed by atoms with Gasteiger partial charge in [0.1, 0.15) is 17.6 Å². The van der Waals surface area contributed by atoms with Crippen molar-refractivity contribution in [2.45, 2.75) is 26.8 Å². The fourth-order valence-electron chi connectivity index (χ4n) is 2.51. The SMILES string of the molecule is CCOc1ccc(C=NNC(=O)C(NC(=O)c2ccccc2F)C(C)C)cc1Br. The molecule has 6 nitrogen and oxygen atoms in total. The Morgan fingerprint density at radius 1 is 1.24 bits per heavy atom. The van der Waals surface area contributed by atoms with Gasteiger partial charge < -0.3 is 10.1 Å². The van der Waals surface area contributed by atoms with Gasteiger partial charge in [0.05, 0.1) is 22.9 Å². The molecule has 2 aromatic rings. The van der Waals surface area contributed by atoms with Crippen molar-refractivity contribution in [1.82, 2.24) is 10.7 Å². The van der Waals surface area contributed by atoms with Crippen LogP contribution in [-0.2, 0) is 4.79 Å². The molecule has 0 saturated heterocycles. The van der Waals surface area contributed by atoms with Crippen LogP contribution in [0.25, 0.3) is 0 Å². The van der Waals surface area contributed by atoms with Crippen molar-refractivity contribution >= 4 is 34.0 Å². The summed E-state index contributed by atoms with van der Waals surface area (Å²) >= 11 is 3.41. The minimum absolute atomic E-state index is 0.117. The van der Waals surface area contributed by atoms with Gasteiger partial charge in [-0.1, -0.05) is 26.0 Å². The van der Waals surface area contributed by atoms with Gasteiger partial charge in [-0.3, -0.25) is 9.59 Å². The third kappa shape index (κ3) is 6.39. The zero-order valence-electron chi connectivity index (χ0n) is 16.4. The number of carbonyl (C=O) groups excluding carboxylic acids is 2. The van der Waals surface area contributed by atoms with Crippen molar-refractivity contribution < 1.29 is 18.7 Å². The number of hydrogen-bond acceptors (Lipinski definition) is 4. The van der Waals surface area contributed by atoms with E-state index in [1.807, 2.05) is 6.92 Å². The third-order valence-corrected chi connectivity index (χ3v) is 4.62. The van der Waals surface area contributed by atoms with E-state index in [0.29, 0.717) is 12.4 Å². The summed E-state index contributed by atoms with van der Waals surface area (Å²) < 4.78 is 20.0. The first-order valence-corrected chi connectivity index (χ1v) is 9.93. The van der Waals surface area contributed by atoms with Crippen LogP contribution in [0.5, 0.6) is 5.75 Å². The molecule has 2 aromatic carbocycles. The van der Waals surface area contributed by atoms with Crippen LogP contribution >= 0.6 is 15.9 Å². The van der Waals surface area contributed by atoms with Gasteiger partial charge in [-0.05, 0) is 64.7 Å². The standard InChI is InChI=1S/C21H23BrFN3O3/c1-4-29-18-10-9-14(11-16(18)22)12-24-26-21(28)19(13(2)3)25-20(27)15-7-5-6-8-17(15)23/h5-13,19H,4H2,1-3H3,(H,25,27)(H,26,28). The summed E-state index contributed by atoms with van der Waals surface area (Å²) in [5, 5.41) is 6.51. The van der Waals surface area contributed by atoms with Gasteiger partial charge in [-0.2, -0.15) is 5.10 Å². The highest BCUT2D eigenvalue weighted by Crippen LogP contribution is 2.25. The molecule has 154 valence electrons. The largest absolute Gasteiger partial charge is 0.493 e. The van der Waals surface area contributed by atoms with E-state index in [-0.39, 0.29) is 11.5 Å². The van der Waals surface area contributed by atoms with E-state index < -0.39 is 23.7 Å². The number of amides is 2. The topological polar surface area (TPSA) is 79.8 Å². The Kier molecular flexibility index (Phi) is 8.33. The van der Waals surface area contributed by atoms with Crippen LogP contribution in [0.2, 0.25) is 0 Å². The molecular formula is C21H23BrFN3O3. The number of hydrogen-bond donors (Lipinski definition) is 2. The Hall–Kier alpha value is -2.74. The summed E-state index contributed by atoms with van der Waals surface area (Å²) in [6.07, 6.45) is 1.48. The quantitative estimate of drug-likeness (QED) is 0.460. The molecular weight excluding hydrogens is 441 g/mol. The number of halogens is 2. The zero-order chi connectivity index (χ0) is 21.4. The van der Waals surface area contributed by atoms with E-state index in [9.17, 15) is 14.0 Å². The minimum Gasteiger partial charge on any atom is -0.493 e. The number of carbonyl (C=O) groups is 2. The molecule has 2 N–H and O–H groups in total. The average molecular weight is 464 g/mol. The molecule has 0 bridgehead atoms. The molecule has 2 amide bonds. The molecule has 0 saturated carbocycles. The lowest BCUT2D eigenvalue weighted by Gasteiger charge is -2.20. The summed E-state index contributed by atoms with van der Waals surface area (Å²) in [6.45, 7) is 6.00. The van der Waals surface area contributed by atoms with Gasteiger partial charge in [-0.25, -0.2) is 9.82 Å². The van der Waals surface area contributed by atoms with Crippen LogP contribution in [-0.4, -0.2) is 30.7 Å². The van der Waals surface area contributed by atoms with E-state index in [2.05, 4.69) is 31.8 Å². The molecule has 1 unspecified atom stereocenters. The van der Waals surface area contributed by atoms with Crippen LogP contribution in [0.4, 0.5) is 4.39 Å². The van der Waals surface area contributed by atoms with Crippen molar-refractivity contribution in [2.24, 2.45) is 11.0 Å². The molecule has 2 rings (SSSR count). The fourth-order valence-corrected chi connectivity index (χ4v) is 3.02. The van der Waals surface area contributed by atoms with Crippen LogP contribution in [0.15, 0.2) is 52.0 Å². The first-order valence-electron chi connectivity index (χ1n) is 9.14. The van der Waals surface area contributed by atoms with Crippen LogP contribution in [0.1, 0.15) is 36.7 Å². The summed E-state index contributed by atoms with van der Waals surface area (Å²) in [5.41, 5.74) is 3.05. The first-order chi connectivity index (χ1) is 13.8. The molecule has 8 heteroatoms. The van der Waals surface area contributed by atoms with Gasteiger partial charge in [0.25, 0.3) is 11.8 Å². The number of nitrogens with one attached hydrogen (secondary N) is 2. The maximum atomic E-state index is 13.8. The predicted octanol–water partition coefficient (Wildman–Crippen LogP) is 3.89. The van der Waals surface area contributed by atoms with Crippen molar-refractivity contribution in [3.63, 3.8) is 0 Å². The van der Waals surface area contributed by atoms with E-state index in [1.165, 1.54) is 24.4 Å².